The first-order valence-electron chi connectivity index (χ1n) is 12.6. The molecule has 0 aliphatic carbocycles. The molecule has 1 atom stereocenters. The van der Waals surface area contributed by atoms with Crippen molar-refractivity contribution in [3.63, 3.8) is 0 Å². The summed E-state index contributed by atoms with van der Waals surface area (Å²) in [6.45, 7) is 5.22. The van der Waals surface area contributed by atoms with E-state index in [9.17, 15) is 22.4 Å². The molecule has 0 radical (unpaired) electrons. The van der Waals surface area contributed by atoms with E-state index in [1.165, 1.54) is 40.9 Å². The van der Waals surface area contributed by atoms with Crippen molar-refractivity contribution >= 4 is 35.3 Å². The van der Waals surface area contributed by atoms with Crippen LogP contribution in [0.1, 0.15) is 28.7 Å². The number of pyridine rings is 1. The van der Waals surface area contributed by atoms with Crippen LogP contribution in [0.3, 0.4) is 0 Å². The molecule has 2 aromatic heterocycles. The summed E-state index contributed by atoms with van der Waals surface area (Å²) in [5, 5.41) is 2.75. The third kappa shape index (κ3) is 6.64. The van der Waals surface area contributed by atoms with Crippen LogP contribution in [-0.4, -0.2) is 47.3 Å². The zero-order valence-electron chi connectivity index (χ0n) is 22.1. The number of piperazine rings is 1. The summed E-state index contributed by atoms with van der Waals surface area (Å²) in [7, 11) is 0. The summed E-state index contributed by atoms with van der Waals surface area (Å²) in [4.78, 5) is 21.1. The summed E-state index contributed by atoms with van der Waals surface area (Å²) in [5.41, 5.74) is 2.83. The quantitative estimate of drug-likeness (QED) is 0.282. The number of nitrogens with zero attached hydrogens (tertiary/aromatic N) is 4. The van der Waals surface area contributed by atoms with Crippen LogP contribution in [0.2, 0.25) is 0 Å². The first kappa shape index (κ1) is 29.9. The van der Waals surface area contributed by atoms with E-state index in [0.717, 1.165) is 5.69 Å². The minimum absolute atomic E-state index is 0. The minimum Gasteiger partial charge on any atom is -0.406 e. The standard InChI is InChI=1S/C28H26F5N5O2.ClH/c1-17-15-36(11-12-37(17)21-5-7-22(8-6-21)40-28(31,32)33)24-9-3-19(13-23(24)30)14-34-27(39)26-18(2)35-25-10-4-20(29)16-38(25)26;/h3-10,13,16-17H,11-12,14-15H2,1-2H3,(H,34,39);1H/t17-;/m1./s1. The normalized spacial score (nSPS) is 15.5. The Hall–Kier alpha value is -4.06. The third-order valence-corrected chi connectivity index (χ3v) is 6.81. The predicted molar refractivity (Wildman–Crippen MR) is 147 cm³/mol. The van der Waals surface area contributed by atoms with Crippen LogP contribution < -0.4 is 19.9 Å². The molecule has 7 nitrogen and oxygen atoms in total. The lowest BCUT2D eigenvalue weighted by Crippen LogP contribution is -2.52. The second-order valence-electron chi connectivity index (χ2n) is 9.62. The number of carbonyl (C=O) groups excluding carboxylic acids is 1. The second-order valence-corrected chi connectivity index (χ2v) is 9.62. The molecule has 2 aromatic carbocycles. The van der Waals surface area contributed by atoms with Gasteiger partial charge in [-0.25, -0.2) is 13.8 Å². The Morgan fingerprint density at radius 2 is 1.80 bits per heavy atom. The van der Waals surface area contributed by atoms with E-state index in [-0.39, 0.29) is 36.4 Å². The molecule has 0 spiro atoms. The van der Waals surface area contributed by atoms with Gasteiger partial charge < -0.3 is 19.9 Å². The number of halogens is 6. The smallest absolute Gasteiger partial charge is 0.406 e. The molecule has 1 N–H and O–H groups in total. The maximum atomic E-state index is 15.1. The number of imidazole rings is 1. The van der Waals surface area contributed by atoms with Gasteiger partial charge in [-0.1, -0.05) is 6.07 Å². The van der Waals surface area contributed by atoms with Gasteiger partial charge in [0.25, 0.3) is 5.91 Å². The lowest BCUT2D eigenvalue weighted by Gasteiger charge is -2.42. The number of alkyl halides is 3. The Morgan fingerprint density at radius 3 is 2.46 bits per heavy atom. The zero-order chi connectivity index (χ0) is 28.6. The Labute approximate surface area is 238 Å². The van der Waals surface area contributed by atoms with Crippen LogP contribution in [-0.2, 0) is 6.54 Å². The van der Waals surface area contributed by atoms with E-state index >= 15 is 4.39 Å². The molecule has 1 aliphatic heterocycles. The maximum absolute atomic E-state index is 15.1. The van der Waals surface area contributed by atoms with Crippen molar-refractivity contribution < 1.29 is 31.5 Å². The number of rotatable bonds is 6. The molecule has 0 unspecified atom stereocenters. The van der Waals surface area contributed by atoms with Gasteiger partial charge in [0.15, 0.2) is 0 Å². The molecule has 13 heteroatoms. The number of ether oxygens (including phenoxy) is 1. The highest BCUT2D eigenvalue weighted by atomic mass is 35.5. The number of anilines is 2. The molecule has 41 heavy (non-hydrogen) atoms. The van der Waals surface area contributed by atoms with Crippen LogP contribution in [0.15, 0.2) is 60.8 Å². The molecule has 0 saturated carbocycles. The van der Waals surface area contributed by atoms with E-state index in [2.05, 4.69) is 15.0 Å². The third-order valence-electron chi connectivity index (χ3n) is 6.81. The van der Waals surface area contributed by atoms with E-state index in [0.29, 0.717) is 42.2 Å². The zero-order valence-corrected chi connectivity index (χ0v) is 22.9. The summed E-state index contributed by atoms with van der Waals surface area (Å²) in [6, 6.07) is 13.2. The number of carbonyl (C=O) groups is 1. The van der Waals surface area contributed by atoms with Gasteiger partial charge in [0.05, 0.1) is 11.4 Å². The van der Waals surface area contributed by atoms with Crippen molar-refractivity contribution in [3.8, 4) is 5.75 Å². The fraction of sp³-hybridized carbons (Fsp3) is 0.286. The van der Waals surface area contributed by atoms with Gasteiger partial charge in [-0.05, 0) is 67.9 Å². The van der Waals surface area contributed by atoms with Crippen molar-refractivity contribution in [3.05, 3.63) is 89.4 Å². The van der Waals surface area contributed by atoms with E-state index < -0.39 is 23.9 Å². The molecule has 5 rings (SSSR count). The van der Waals surface area contributed by atoms with Crippen molar-refractivity contribution in [2.24, 2.45) is 0 Å². The van der Waals surface area contributed by atoms with Crippen LogP contribution in [0.5, 0.6) is 5.75 Å². The summed E-state index contributed by atoms with van der Waals surface area (Å²) in [6.07, 6.45) is -3.56. The SMILES string of the molecule is Cc1nc2ccc(F)cn2c1C(=O)NCc1ccc(N2CCN(c3ccc(OC(F)(F)F)cc3)[C@H](C)C2)c(F)c1.Cl. The Kier molecular flexibility index (Phi) is 8.62. The number of aryl methyl sites for hydroxylation is 1. The molecule has 3 heterocycles. The topological polar surface area (TPSA) is 62.1 Å². The molecule has 1 saturated heterocycles. The lowest BCUT2D eigenvalue weighted by atomic mass is 10.1. The molecule has 0 bridgehead atoms. The molecule has 4 aromatic rings. The number of hydrogen-bond donors (Lipinski definition) is 1. The first-order chi connectivity index (χ1) is 19.0. The Bertz CT molecular complexity index is 1540. The number of amides is 1. The van der Waals surface area contributed by atoms with E-state index in [1.807, 2.05) is 16.7 Å². The van der Waals surface area contributed by atoms with Gasteiger partial charge in [-0.2, -0.15) is 0 Å². The van der Waals surface area contributed by atoms with Crippen LogP contribution in [0, 0.1) is 18.6 Å². The van der Waals surface area contributed by atoms with Gasteiger partial charge in [0.2, 0.25) is 0 Å². The number of fused-ring (bicyclic) bond motifs is 1. The van der Waals surface area contributed by atoms with E-state index in [4.69, 9.17) is 0 Å². The molecule has 1 aliphatic rings. The minimum atomic E-state index is -4.75. The maximum Gasteiger partial charge on any atom is 0.573 e. The van der Waals surface area contributed by atoms with Crippen LogP contribution in [0.4, 0.5) is 33.3 Å². The first-order valence-corrected chi connectivity index (χ1v) is 12.6. The van der Waals surface area contributed by atoms with Gasteiger partial charge >= 0.3 is 6.36 Å². The highest BCUT2D eigenvalue weighted by Gasteiger charge is 2.31. The lowest BCUT2D eigenvalue weighted by molar-refractivity contribution is -0.274. The molecule has 1 amide bonds. The molecular weight excluding hydrogens is 569 g/mol. The van der Waals surface area contributed by atoms with Crippen molar-refractivity contribution in [1.29, 1.82) is 0 Å². The highest BCUT2D eigenvalue weighted by molar-refractivity contribution is 5.94. The summed E-state index contributed by atoms with van der Waals surface area (Å²) >= 11 is 0. The fourth-order valence-electron chi connectivity index (χ4n) is 4.99. The van der Waals surface area contributed by atoms with E-state index in [1.54, 1.807) is 31.2 Å². The Balaban J connectivity index is 0.00000387. The number of hydrogen-bond acceptors (Lipinski definition) is 5. The molecular formula is C28H27ClF5N5O2. The van der Waals surface area contributed by atoms with Crippen LogP contribution >= 0.6 is 12.4 Å². The van der Waals surface area contributed by atoms with Gasteiger partial charge in [0, 0.05) is 44.1 Å². The van der Waals surface area contributed by atoms with Gasteiger partial charge in [-0.3, -0.25) is 9.20 Å². The summed E-state index contributed by atoms with van der Waals surface area (Å²) in [5.74, 6) is -1.68. The highest BCUT2D eigenvalue weighted by Crippen LogP contribution is 2.29. The van der Waals surface area contributed by atoms with Gasteiger partial charge in [-0.15, -0.1) is 25.6 Å². The average Bonchev–Trinajstić information content (AvgIpc) is 3.22. The van der Waals surface area contributed by atoms with Crippen LogP contribution in [0.25, 0.3) is 5.65 Å². The number of benzene rings is 2. The van der Waals surface area contributed by atoms with Gasteiger partial charge in [0.1, 0.15) is 28.7 Å². The monoisotopic (exact) mass is 595 g/mol. The van der Waals surface area contributed by atoms with Crippen molar-refractivity contribution in [1.82, 2.24) is 14.7 Å². The number of aromatic nitrogens is 2. The Morgan fingerprint density at radius 1 is 1.07 bits per heavy atom. The predicted octanol–water partition coefficient (Wildman–Crippen LogP) is 5.89. The summed E-state index contributed by atoms with van der Waals surface area (Å²) < 4.78 is 71.5. The fourth-order valence-corrected chi connectivity index (χ4v) is 4.99. The second kappa shape index (κ2) is 11.8. The molecule has 1 fully saturated rings. The van der Waals surface area contributed by atoms with Crippen molar-refractivity contribution in [2.75, 3.05) is 29.4 Å². The number of nitrogens with one attached hydrogen (secondary N) is 1. The molecule has 218 valence electrons. The van der Waals surface area contributed by atoms with Crippen molar-refractivity contribution in [2.45, 2.75) is 32.8 Å². The average molecular weight is 596 g/mol. The largest absolute Gasteiger partial charge is 0.573 e.